The fraction of sp³-hybridized carbons (Fsp3) is 0.696. The second kappa shape index (κ2) is 14.0. The number of piperidine rings is 1. The van der Waals surface area contributed by atoms with E-state index in [2.05, 4.69) is 37.6 Å². The van der Waals surface area contributed by atoms with Gasteiger partial charge >= 0.3 is 0 Å². The van der Waals surface area contributed by atoms with Gasteiger partial charge in [-0.2, -0.15) is 0 Å². The third kappa shape index (κ3) is 7.80. The van der Waals surface area contributed by atoms with E-state index in [0.717, 1.165) is 37.8 Å². The first kappa shape index (κ1) is 25.0. The number of anilines is 1. The second-order valence-corrected chi connectivity index (χ2v) is 8.21. The Kier molecular flexibility index (Phi) is 11.7. The molecule has 1 unspecified atom stereocenters. The molecule has 170 valence electrons. The maximum atomic E-state index is 5.52. The number of benzene rings is 1. The van der Waals surface area contributed by atoms with Crippen LogP contribution >= 0.6 is 24.0 Å². The summed E-state index contributed by atoms with van der Waals surface area (Å²) in [6.07, 6.45) is 9.10. The van der Waals surface area contributed by atoms with E-state index < -0.39 is 0 Å². The highest BCUT2D eigenvalue weighted by Gasteiger charge is 2.25. The topological polar surface area (TPSA) is 52.1 Å². The van der Waals surface area contributed by atoms with Gasteiger partial charge < -0.3 is 25.2 Å². The minimum atomic E-state index is 0. The Hall–Kier alpha value is -1.22. The third-order valence-corrected chi connectivity index (χ3v) is 6.07. The molecule has 0 amide bonds. The van der Waals surface area contributed by atoms with Crippen LogP contribution in [0, 0.1) is 0 Å². The van der Waals surface area contributed by atoms with Gasteiger partial charge in [0, 0.05) is 32.7 Å². The van der Waals surface area contributed by atoms with Gasteiger partial charge in [0.15, 0.2) is 5.96 Å². The lowest BCUT2D eigenvalue weighted by atomic mass is 10.1. The normalized spacial score (nSPS) is 20.0. The van der Waals surface area contributed by atoms with Gasteiger partial charge in [0.05, 0.1) is 12.8 Å². The van der Waals surface area contributed by atoms with Gasteiger partial charge in [-0.05, 0) is 63.9 Å². The van der Waals surface area contributed by atoms with Crippen molar-refractivity contribution in [3.05, 3.63) is 24.3 Å². The Bertz CT molecular complexity index is 636. The van der Waals surface area contributed by atoms with Crippen molar-refractivity contribution in [2.45, 2.75) is 51.0 Å². The Morgan fingerprint density at radius 1 is 1.10 bits per heavy atom. The molecule has 2 aliphatic heterocycles. The van der Waals surface area contributed by atoms with Crippen molar-refractivity contribution in [3.63, 3.8) is 0 Å². The number of para-hydroxylation sites is 2. The molecule has 1 atom stereocenters. The fourth-order valence-corrected chi connectivity index (χ4v) is 4.40. The summed E-state index contributed by atoms with van der Waals surface area (Å²) < 4.78 is 5.52. The number of likely N-dealkylation sites (tertiary alicyclic amines) is 1. The number of guanidine groups is 1. The predicted octanol–water partition coefficient (Wildman–Crippen LogP) is 3.71. The van der Waals surface area contributed by atoms with Crippen LogP contribution in [0.5, 0.6) is 5.75 Å². The molecule has 0 saturated carbocycles. The number of rotatable bonds is 9. The molecule has 2 heterocycles. The van der Waals surface area contributed by atoms with Crippen molar-refractivity contribution in [2.75, 3.05) is 58.3 Å². The first-order valence-corrected chi connectivity index (χ1v) is 11.4. The first-order valence-electron chi connectivity index (χ1n) is 11.4. The van der Waals surface area contributed by atoms with E-state index in [0.29, 0.717) is 6.04 Å². The van der Waals surface area contributed by atoms with Gasteiger partial charge in [-0.1, -0.05) is 25.0 Å². The maximum absolute atomic E-state index is 5.52. The largest absolute Gasteiger partial charge is 0.495 e. The van der Waals surface area contributed by atoms with E-state index in [9.17, 15) is 0 Å². The Morgan fingerprint density at radius 3 is 2.67 bits per heavy atom. The molecule has 7 heteroatoms. The van der Waals surface area contributed by atoms with Gasteiger partial charge in [0.1, 0.15) is 5.75 Å². The number of methoxy groups -OCH3 is 1. The van der Waals surface area contributed by atoms with E-state index in [1.54, 1.807) is 7.11 Å². The zero-order valence-corrected chi connectivity index (χ0v) is 21.1. The molecule has 2 N–H and O–H groups in total. The molecule has 3 rings (SSSR count). The van der Waals surface area contributed by atoms with Crippen LogP contribution in [0.15, 0.2) is 29.3 Å². The molecule has 0 bridgehead atoms. The molecular formula is C23H40IN5O. The van der Waals surface area contributed by atoms with Crippen LogP contribution in [-0.4, -0.2) is 70.3 Å². The van der Waals surface area contributed by atoms with Crippen LogP contribution in [0.1, 0.15) is 44.9 Å². The van der Waals surface area contributed by atoms with Gasteiger partial charge in [0.2, 0.25) is 0 Å². The summed E-state index contributed by atoms with van der Waals surface area (Å²) in [6, 6.07) is 8.67. The van der Waals surface area contributed by atoms with E-state index in [1.807, 2.05) is 19.2 Å². The lowest BCUT2D eigenvalue weighted by molar-refractivity contribution is 0.224. The van der Waals surface area contributed by atoms with E-state index in [4.69, 9.17) is 4.74 Å². The molecule has 1 aromatic rings. The Balaban J connectivity index is 0.00000320. The molecule has 6 nitrogen and oxygen atoms in total. The number of unbranched alkanes of at least 4 members (excludes halogenated alkanes) is 2. The fourth-order valence-electron chi connectivity index (χ4n) is 4.40. The van der Waals surface area contributed by atoms with Gasteiger partial charge in [0.25, 0.3) is 0 Å². The number of hydrogen-bond donors (Lipinski definition) is 2. The lowest BCUT2D eigenvalue weighted by Gasteiger charge is -2.26. The molecule has 0 radical (unpaired) electrons. The Labute approximate surface area is 199 Å². The average Bonchev–Trinajstić information content (AvgIpc) is 3.24. The van der Waals surface area contributed by atoms with E-state index in [1.165, 1.54) is 63.8 Å². The van der Waals surface area contributed by atoms with Crippen molar-refractivity contribution in [1.82, 2.24) is 15.5 Å². The highest BCUT2D eigenvalue weighted by molar-refractivity contribution is 14.0. The Morgan fingerprint density at radius 2 is 1.90 bits per heavy atom. The number of nitrogens with zero attached hydrogens (tertiary/aromatic N) is 3. The molecule has 2 fully saturated rings. The average molecular weight is 530 g/mol. The number of aliphatic imine (C=N–C) groups is 1. The van der Waals surface area contributed by atoms with E-state index in [-0.39, 0.29) is 24.0 Å². The maximum Gasteiger partial charge on any atom is 0.191 e. The van der Waals surface area contributed by atoms with Gasteiger partial charge in [-0.25, -0.2) is 0 Å². The second-order valence-electron chi connectivity index (χ2n) is 8.21. The first-order chi connectivity index (χ1) is 14.3. The number of nitrogens with one attached hydrogen (secondary N) is 2. The summed E-state index contributed by atoms with van der Waals surface area (Å²) in [7, 11) is 3.60. The molecule has 1 aromatic carbocycles. The van der Waals surface area contributed by atoms with Crippen molar-refractivity contribution in [2.24, 2.45) is 4.99 Å². The summed E-state index contributed by atoms with van der Waals surface area (Å²) in [5.41, 5.74) is 1.18. The highest BCUT2D eigenvalue weighted by atomic mass is 127. The highest BCUT2D eigenvalue weighted by Crippen LogP contribution is 2.30. The number of hydrogen-bond acceptors (Lipinski definition) is 4. The third-order valence-electron chi connectivity index (χ3n) is 6.07. The van der Waals surface area contributed by atoms with E-state index >= 15 is 0 Å². The zero-order chi connectivity index (χ0) is 20.3. The van der Waals surface area contributed by atoms with Crippen LogP contribution in [-0.2, 0) is 0 Å². The SMILES string of the molecule is CN=C(NCCCCCN1CCCCC1)NC1CCN(c2ccccc2OC)C1.I. The summed E-state index contributed by atoms with van der Waals surface area (Å²) in [5.74, 6) is 1.87. The summed E-state index contributed by atoms with van der Waals surface area (Å²) in [6.45, 7) is 6.88. The summed E-state index contributed by atoms with van der Waals surface area (Å²) in [5, 5.41) is 7.09. The quantitative estimate of drug-likeness (QED) is 0.221. The molecule has 2 aliphatic rings. The minimum Gasteiger partial charge on any atom is -0.495 e. The molecule has 0 aliphatic carbocycles. The molecule has 2 saturated heterocycles. The summed E-state index contributed by atoms with van der Waals surface area (Å²) >= 11 is 0. The molecule has 0 aromatic heterocycles. The monoisotopic (exact) mass is 529 g/mol. The smallest absolute Gasteiger partial charge is 0.191 e. The van der Waals surface area contributed by atoms with Crippen LogP contribution in [0.4, 0.5) is 5.69 Å². The number of halogens is 1. The standard InChI is InChI=1S/C23H39N5O.HI/c1-24-23(25-14-7-3-8-15-27-16-9-4-10-17-27)26-20-13-18-28(19-20)21-11-5-6-12-22(21)29-2;/h5-6,11-12,20H,3-4,7-10,13-19H2,1-2H3,(H2,24,25,26);1H. The van der Waals surface area contributed by atoms with Crippen molar-refractivity contribution in [3.8, 4) is 5.75 Å². The summed E-state index contributed by atoms with van der Waals surface area (Å²) in [4.78, 5) is 9.44. The zero-order valence-electron chi connectivity index (χ0n) is 18.7. The van der Waals surface area contributed by atoms with Crippen LogP contribution in [0.3, 0.4) is 0 Å². The van der Waals surface area contributed by atoms with Gasteiger partial charge in [-0.3, -0.25) is 4.99 Å². The van der Waals surface area contributed by atoms with Crippen LogP contribution in [0.2, 0.25) is 0 Å². The number of ether oxygens (including phenoxy) is 1. The van der Waals surface area contributed by atoms with Crippen LogP contribution in [0.25, 0.3) is 0 Å². The minimum absolute atomic E-state index is 0. The predicted molar refractivity (Wildman–Crippen MR) is 138 cm³/mol. The molecule has 0 spiro atoms. The molecular weight excluding hydrogens is 489 g/mol. The van der Waals surface area contributed by atoms with Crippen molar-refractivity contribution >= 4 is 35.6 Å². The lowest BCUT2D eigenvalue weighted by Crippen LogP contribution is -2.44. The van der Waals surface area contributed by atoms with Crippen molar-refractivity contribution < 1.29 is 4.74 Å². The van der Waals surface area contributed by atoms with Crippen molar-refractivity contribution in [1.29, 1.82) is 0 Å². The molecule has 30 heavy (non-hydrogen) atoms. The van der Waals surface area contributed by atoms with Crippen LogP contribution < -0.4 is 20.3 Å². The van der Waals surface area contributed by atoms with Gasteiger partial charge in [-0.15, -0.1) is 24.0 Å².